The first-order chi connectivity index (χ1) is 14.5. The number of nitrogens with two attached hydrogens (primary N) is 1. The third kappa shape index (κ3) is 5.93. The summed E-state index contributed by atoms with van der Waals surface area (Å²) in [6.07, 6.45) is 1.79. The van der Waals surface area contributed by atoms with Crippen LogP contribution in [0.15, 0.2) is 0 Å². The second kappa shape index (κ2) is 10.6. The van der Waals surface area contributed by atoms with Gasteiger partial charge in [-0.15, -0.1) is 0 Å². The molecule has 11 heteroatoms. The van der Waals surface area contributed by atoms with Crippen LogP contribution < -0.4 is 11.1 Å². The van der Waals surface area contributed by atoms with Crippen LogP contribution in [0.25, 0.3) is 0 Å². The smallest absolute Gasteiger partial charge is 0.326 e. The van der Waals surface area contributed by atoms with Crippen LogP contribution in [0.5, 0.6) is 0 Å². The fourth-order valence-corrected chi connectivity index (χ4v) is 4.16. The molecule has 0 aromatic heterocycles. The number of nitrogens with one attached hydrogen (secondary N) is 1. The van der Waals surface area contributed by atoms with Crippen molar-refractivity contribution in [1.29, 1.82) is 0 Å². The first-order valence-electron chi connectivity index (χ1n) is 10.7. The SMILES string of the molecule is CC(C)C(NC(=O)C1CCCN1C(=O)C1CCCN1C(=O)C(N)CCC(=O)O)C(=O)O. The van der Waals surface area contributed by atoms with E-state index in [-0.39, 0.29) is 24.7 Å². The molecule has 5 N–H and O–H groups in total. The second-order valence-electron chi connectivity index (χ2n) is 8.49. The molecule has 0 aliphatic carbocycles. The summed E-state index contributed by atoms with van der Waals surface area (Å²) in [5, 5.41) is 20.6. The van der Waals surface area contributed by atoms with Gasteiger partial charge in [0.25, 0.3) is 0 Å². The first kappa shape index (κ1) is 24.6. The Morgan fingerprint density at radius 1 is 1.00 bits per heavy atom. The summed E-state index contributed by atoms with van der Waals surface area (Å²) >= 11 is 0. The molecule has 0 radical (unpaired) electrons. The number of likely N-dealkylation sites (tertiary alicyclic amines) is 2. The minimum absolute atomic E-state index is 0.0217. The van der Waals surface area contributed by atoms with Crippen LogP contribution in [-0.2, 0) is 24.0 Å². The van der Waals surface area contributed by atoms with Crippen LogP contribution in [0.4, 0.5) is 0 Å². The molecule has 4 atom stereocenters. The molecular weight excluding hydrogens is 408 g/mol. The fraction of sp³-hybridized carbons (Fsp3) is 0.750. The molecule has 2 aliphatic heterocycles. The molecule has 2 heterocycles. The maximum atomic E-state index is 13.2. The number of amides is 3. The van der Waals surface area contributed by atoms with E-state index in [2.05, 4.69) is 5.32 Å². The average molecular weight is 440 g/mol. The van der Waals surface area contributed by atoms with Crippen molar-refractivity contribution >= 4 is 29.7 Å². The molecule has 0 saturated carbocycles. The number of carboxylic acids is 2. The van der Waals surface area contributed by atoms with Crippen molar-refractivity contribution in [2.45, 2.75) is 76.5 Å². The van der Waals surface area contributed by atoms with Crippen LogP contribution >= 0.6 is 0 Å². The van der Waals surface area contributed by atoms with Gasteiger partial charge in [0.1, 0.15) is 18.1 Å². The molecule has 0 bridgehead atoms. The summed E-state index contributed by atoms with van der Waals surface area (Å²) in [7, 11) is 0. The molecule has 3 amide bonds. The lowest BCUT2D eigenvalue weighted by Crippen LogP contribution is -2.56. The zero-order valence-corrected chi connectivity index (χ0v) is 18.0. The van der Waals surface area contributed by atoms with Crippen molar-refractivity contribution in [2.75, 3.05) is 13.1 Å². The number of carboxylic acid groups (broad SMARTS) is 2. The highest BCUT2D eigenvalue weighted by Gasteiger charge is 2.43. The second-order valence-corrected chi connectivity index (χ2v) is 8.49. The summed E-state index contributed by atoms with van der Waals surface area (Å²) in [4.78, 5) is 63.6. The standard InChI is InChI=1S/C20H32N4O7/c1-11(2)16(20(30)31)22-17(27)13-5-3-9-23(13)19(29)14-6-4-10-24(14)18(28)12(21)7-8-15(25)26/h11-14,16H,3-10,21H2,1-2H3,(H,22,27)(H,25,26)(H,30,31). The minimum Gasteiger partial charge on any atom is -0.481 e. The summed E-state index contributed by atoms with van der Waals surface area (Å²) < 4.78 is 0. The van der Waals surface area contributed by atoms with Gasteiger partial charge in [0.2, 0.25) is 17.7 Å². The van der Waals surface area contributed by atoms with Crippen molar-refractivity contribution in [3.8, 4) is 0 Å². The van der Waals surface area contributed by atoms with E-state index in [0.717, 1.165) is 0 Å². The molecule has 4 unspecified atom stereocenters. The van der Waals surface area contributed by atoms with E-state index in [0.29, 0.717) is 38.8 Å². The van der Waals surface area contributed by atoms with E-state index >= 15 is 0 Å². The Hall–Kier alpha value is -2.69. The monoisotopic (exact) mass is 440 g/mol. The summed E-state index contributed by atoms with van der Waals surface area (Å²) in [6, 6.07) is -3.60. The van der Waals surface area contributed by atoms with Crippen LogP contribution in [0.3, 0.4) is 0 Å². The quantitative estimate of drug-likeness (QED) is 0.368. The highest BCUT2D eigenvalue weighted by atomic mass is 16.4. The van der Waals surface area contributed by atoms with Gasteiger partial charge in [-0.25, -0.2) is 4.79 Å². The Labute approximate surface area is 180 Å². The van der Waals surface area contributed by atoms with Gasteiger partial charge in [0.15, 0.2) is 0 Å². The first-order valence-corrected chi connectivity index (χ1v) is 10.7. The third-order valence-electron chi connectivity index (χ3n) is 5.88. The Morgan fingerprint density at radius 3 is 2.13 bits per heavy atom. The molecule has 174 valence electrons. The van der Waals surface area contributed by atoms with Crippen molar-refractivity contribution in [1.82, 2.24) is 15.1 Å². The topological polar surface area (TPSA) is 170 Å². The summed E-state index contributed by atoms with van der Waals surface area (Å²) in [6.45, 7) is 4.06. The Kier molecular flexibility index (Phi) is 8.37. The highest BCUT2D eigenvalue weighted by Crippen LogP contribution is 2.26. The van der Waals surface area contributed by atoms with Gasteiger partial charge in [-0.1, -0.05) is 13.8 Å². The number of rotatable bonds is 9. The lowest BCUT2D eigenvalue weighted by atomic mass is 10.0. The maximum absolute atomic E-state index is 13.2. The Morgan fingerprint density at radius 2 is 1.58 bits per heavy atom. The van der Waals surface area contributed by atoms with Gasteiger partial charge in [-0.2, -0.15) is 0 Å². The largest absolute Gasteiger partial charge is 0.481 e. The zero-order valence-electron chi connectivity index (χ0n) is 18.0. The van der Waals surface area contributed by atoms with Crippen molar-refractivity contribution in [3.63, 3.8) is 0 Å². The van der Waals surface area contributed by atoms with Crippen LogP contribution in [0, 0.1) is 5.92 Å². The predicted molar refractivity (Wildman–Crippen MR) is 109 cm³/mol. The number of nitrogens with zero attached hydrogens (tertiary/aromatic N) is 2. The van der Waals surface area contributed by atoms with Gasteiger partial charge in [-0.3, -0.25) is 19.2 Å². The van der Waals surface area contributed by atoms with Gasteiger partial charge in [0.05, 0.1) is 6.04 Å². The van der Waals surface area contributed by atoms with E-state index in [4.69, 9.17) is 10.8 Å². The fourth-order valence-electron chi connectivity index (χ4n) is 4.16. The maximum Gasteiger partial charge on any atom is 0.326 e. The van der Waals surface area contributed by atoms with Crippen LogP contribution in [-0.4, -0.2) is 86.9 Å². The summed E-state index contributed by atoms with van der Waals surface area (Å²) in [5.41, 5.74) is 5.85. The number of hydrogen-bond acceptors (Lipinski definition) is 6. The van der Waals surface area contributed by atoms with Gasteiger partial charge in [-0.05, 0) is 38.0 Å². The van der Waals surface area contributed by atoms with E-state index in [9.17, 15) is 29.1 Å². The minimum atomic E-state index is -1.14. The van der Waals surface area contributed by atoms with Crippen molar-refractivity contribution in [2.24, 2.45) is 11.7 Å². The summed E-state index contributed by atoms with van der Waals surface area (Å²) in [5.74, 6) is -3.84. The zero-order chi connectivity index (χ0) is 23.3. The number of carbonyl (C=O) groups excluding carboxylic acids is 3. The van der Waals surface area contributed by atoms with Crippen LogP contribution in [0.1, 0.15) is 52.4 Å². The molecule has 11 nitrogen and oxygen atoms in total. The van der Waals surface area contributed by atoms with Gasteiger partial charge in [0, 0.05) is 19.5 Å². The molecule has 31 heavy (non-hydrogen) atoms. The predicted octanol–water partition coefficient (Wildman–Crippen LogP) is -0.614. The van der Waals surface area contributed by atoms with Gasteiger partial charge < -0.3 is 31.1 Å². The number of aliphatic carboxylic acids is 2. The molecule has 0 aromatic carbocycles. The van der Waals surface area contributed by atoms with E-state index in [1.165, 1.54) is 9.80 Å². The van der Waals surface area contributed by atoms with Gasteiger partial charge >= 0.3 is 11.9 Å². The molecule has 0 aromatic rings. The molecule has 2 saturated heterocycles. The third-order valence-corrected chi connectivity index (χ3v) is 5.88. The molecule has 2 fully saturated rings. The van der Waals surface area contributed by atoms with E-state index in [1.807, 2.05) is 0 Å². The van der Waals surface area contributed by atoms with E-state index in [1.54, 1.807) is 13.8 Å². The number of carbonyl (C=O) groups is 5. The molecule has 2 rings (SSSR count). The van der Waals surface area contributed by atoms with Crippen LogP contribution in [0.2, 0.25) is 0 Å². The molecule has 2 aliphatic rings. The lowest BCUT2D eigenvalue weighted by molar-refractivity contribution is -0.148. The Balaban J connectivity index is 2.07. The van der Waals surface area contributed by atoms with E-state index < -0.39 is 47.9 Å². The lowest BCUT2D eigenvalue weighted by Gasteiger charge is -2.32. The normalized spacial score (nSPS) is 23.0. The van der Waals surface area contributed by atoms with Crippen molar-refractivity contribution < 1.29 is 34.2 Å². The highest BCUT2D eigenvalue weighted by molar-refractivity contribution is 5.95. The Bertz CT molecular complexity index is 726. The average Bonchev–Trinajstić information content (AvgIpc) is 3.37. The van der Waals surface area contributed by atoms with Crippen molar-refractivity contribution in [3.05, 3.63) is 0 Å². The molecular formula is C20H32N4O7. The number of hydrogen-bond donors (Lipinski definition) is 4. The molecule has 0 spiro atoms.